The topological polar surface area (TPSA) is 58.6 Å². The van der Waals surface area contributed by atoms with E-state index in [1.54, 1.807) is 7.11 Å². The van der Waals surface area contributed by atoms with Gasteiger partial charge >= 0.3 is 0 Å². The molecular formula is C22H24N2O3. The Morgan fingerprint density at radius 2 is 1.81 bits per heavy atom. The van der Waals surface area contributed by atoms with Gasteiger partial charge in [0.05, 0.1) is 13.5 Å². The second-order valence-electron chi connectivity index (χ2n) is 7.37. The lowest BCUT2D eigenvalue weighted by Gasteiger charge is -2.32. The van der Waals surface area contributed by atoms with Crippen molar-refractivity contribution in [2.24, 2.45) is 5.92 Å². The van der Waals surface area contributed by atoms with Crippen LogP contribution in [0.4, 0.5) is 0 Å². The highest BCUT2D eigenvalue weighted by Crippen LogP contribution is 2.38. The molecule has 0 spiro atoms. The Hall–Kier alpha value is -2.82. The summed E-state index contributed by atoms with van der Waals surface area (Å²) in [5.41, 5.74) is 1.60. The van der Waals surface area contributed by atoms with Crippen LogP contribution in [-0.2, 0) is 11.2 Å². The Kier molecular flexibility index (Phi) is 4.84. The van der Waals surface area contributed by atoms with Gasteiger partial charge in [0.15, 0.2) is 0 Å². The second kappa shape index (κ2) is 7.43. The van der Waals surface area contributed by atoms with Gasteiger partial charge in [-0.3, -0.25) is 9.59 Å². The number of piperidine rings is 1. The molecule has 1 N–H and O–H groups in total. The maximum absolute atomic E-state index is 12.8. The molecule has 0 radical (unpaired) electrons. The van der Waals surface area contributed by atoms with Gasteiger partial charge in [0.1, 0.15) is 5.75 Å². The zero-order valence-electron chi connectivity index (χ0n) is 15.4. The van der Waals surface area contributed by atoms with Crippen LogP contribution in [0.15, 0.2) is 54.6 Å². The number of benzene rings is 2. The third-order valence-electron chi connectivity index (χ3n) is 5.75. The minimum absolute atomic E-state index is 0.0277. The minimum Gasteiger partial charge on any atom is -0.496 e. The fraction of sp³-hybridized carbons (Fsp3) is 0.364. The number of fused-ring (bicyclic) bond motifs is 2. The number of nitrogens with zero attached hydrogens (tertiary/aromatic N) is 1. The molecule has 140 valence electrons. The number of hydrogen-bond acceptors (Lipinski definition) is 3. The molecule has 2 aromatic rings. The van der Waals surface area contributed by atoms with Crippen molar-refractivity contribution in [1.29, 1.82) is 0 Å². The van der Waals surface area contributed by atoms with E-state index in [1.165, 1.54) is 0 Å². The summed E-state index contributed by atoms with van der Waals surface area (Å²) in [6.45, 7) is 0.721. The van der Waals surface area contributed by atoms with Crippen LogP contribution in [0, 0.1) is 5.92 Å². The van der Waals surface area contributed by atoms with Gasteiger partial charge in [-0.25, -0.2) is 0 Å². The maximum Gasteiger partial charge on any atom is 0.251 e. The van der Waals surface area contributed by atoms with E-state index in [9.17, 15) is 9.59 Å². The molecule has 27 heavy (non-hydrogen) atoms. The Morgan fingerprint density at radius 1 is 1.07 bits per heavy atom. The van der Waals surface area contributed by atoms with Crippen molar-refractivity contribution in [3.63, 3.8) is 0 Å². The monoisotopic (exact) mass is 364 g/mol. The first-order chi connectivity index (χ1) is 13.2. The first kappa shape index (κ1) is 17.6. The molecular weight excluding hydrogens is 340 g/mol. The summed E-state index contributed by atoms with van der Waals surface area (Å²) < 4.78 is 5.36. The van der Waals surface area contributed by atoms with Gasteiger partial charge in [0.25, 0.3) is 5.91 Å². The number of likely N-dealkylation sites (tertiary alicyclic amines) is 1. The molecule has 0 unspecified atom stereocenters. The summed E-state index contributed by atoms with van der Waals surface area (Å²) in [5, 5.41) is 3.16. The van der Waals surface area contributed by atoms with Crippen molar-refractivity contribution in [2.45, 2.75) is 31.3 Å². The van der Waals surface area contributed by atoms with Crippen molar-refractivity contribution >= 4 is 11.8 Å². The van der Waals surface area contributed by atoms with Crippen molar-refractivity contribution in [1.82, 2.24) is 10.2 Å². The molecule has 1 saturated heterocycles. The molecule has 1 saturated carbocycles. The summed E-state index contributed by atoms with van der Waals surface area (Å²) in [7, 11) is 1.63. The van der Waals surface area contributed by atoms with Crippen LogP contribution in [-0.4, -0.2) is 42.5 Å². The molecule has 2 aromatic carbocycles. The molecule has 2 bridgehead atoms. The van der Waals surface area contributed by atoms with Crippen LogP contribution in [0.3, 0.4) is 0 Å². The lowest BCUT2D eigenvalue weighted by atomic mass is 10.0. The number of para-hydroxylation sites is 1. The quantitative estimate of drug-likeness (QED) is 0.887. The SMILES string of the molecule is COc1ccccc1CC(=O)N1C[C@@H]2C[C@H]1C[C@@H]2NC(=O)c1ccccc1. The first-order valence-corrected chi connectivity index (χ1v) is 9.43. The minimum atomic E-state index is -0.0277. The van der Waals surface area contributed by atoms with E-state index in [2.05, 4.69) is 5.32 Å². The Morgan fingerprint density at radius 3 is 2.52 bits per heavy atom. The van der Waals surface area contributed by atoms with Crippen molar-refractivity contribution < 1.29 is 14.3 Å². The number of carbonyl (C=O) groups is 2. The number of methoxy groups -OCH3 is 1. The van der Waals surface area contributed by atoms with Crippen molar-refractivity contribution in [3.05, 3.63) is 65.7 Å². The van der Waals surface area contributed by atoms with Gasteiger partial charge in [-0.2, -0.15) is 0 Å². The largest absolute Gasteiger partial charge is 0.496 e. The molecule has 2 aliphatic rings. The smallest absolute Gasteiger partial charge is 0.251 e. The molecule has 1 aliphatic carbocycles. The molecule has 1 aliphatic heterocycles. The van der Waals surface area contributed by atoms with Crippen molar-refractivity contribution in [3.8, 4) is 5.75 Å². The Bertz CT molecular complexity index is 836. The van der Waals surface area contributed by atoms with E-state index in [0.717, 1.165) is 30.7 Å². The number of rotatable bonds is 5. The van der Waals surface area contributed by atoms with E-state index in [-0.39, 0.29) is 23.9 Å². The van der Waals surface area contributed by atoms with Gasteiger partial charge in [-0.15, -0.1) is 0 Å². The maximum atomic E-state index is 12.8. The summed E-state index contributed by atoms with van der Waals surface area (Å²) in [6, 6.07) is 17.3. The molecule has 4 rings (SSSR count). The van der Waals surface area contributed by atoms with E-state index in [4.69, 9.17) is 4.74 Å². The number of nitrogens with one attached hydrogen (secondary N) is 1. The predicted octanol–water partition coefficient (Wildman–Crippen LogP) is 2.66. The third-order valence-corrected chi connectivity index (χ3v) is 5.75. The van der Waals surface area contributed by atoms with Crippen LogP contribution < -0.4 is 10.1 Å². The third kappa shape index (κ3) is 3.54. The Labute approximate surface area is 159 Å². The van der Waals surface area contributed by atoms with Crippen LogP contribution in [0.25, 0.3) is 0 Å². The average molecular weight is 364 g/mol. The number of amides is 2. The zero-order chi connectivity index (χ0) is 18.8. The summed E-state index contributed by atoms with van der Waals surface area (Å²) in [4.78, 5) is 27.2. The van der Waals surface area contributed by atoms with Gasteiger partial charge < -0.3 is 15.0 Å². The fourth-order valence-corrected chi connectivity index (χ4v) is 4.39. The van der Waals surface area contributed by atoms with Gasteiger partial charge in [-0.1, -0.05) is 36.4 Å². The van der Waals surface area contributed by atoms with Gasteiger partial charge in [-0.05, 0) is 37.0 Å². The van der Waals surface area contributed by atoms with Crippen molar-refractivity contribution in [2.75, 3.05) is 13.7 Å². The number of hydrogen-bond donors (Lipinski definition) is 1. The second-order valence-corrected chi connectivity index (χ2v) is 7.37. The predicted molar refractivity (Wildman–Crippen MR) is 103 cm³/mol. The highest BCUT2D eigenvalue weighted by molar-refractivity contribution is 5.94. The Balaban J connectivity index is 1.36. The summed E-state index contributed by atoms with van der Waals surface area (Å²) in [5.74, 6) is 1.20. The van der Waals surface area contributed by atoms with Gasteiger partial charge in [0, 0.05) is 29.8 Å². The van der Waals surface area contributed by atoms with Crippen LogP contribution in [0.1, 0.15) is 28.8 Å². The van der Waals surface area contributed by atoms with Crippen LogP contribution in [0.5, 0.6) is 5.75 Å². The van der Waals surface area contributed by atoms with E-state index >= 15 is 0 Å². The lowest BCUT2D eigenvalue weighted by molar-refractivity contribution is -0.132. The molecule has 3 atom stereocenters. The van der Waals surface area contributed by atoms with E-state index < -0.39 is 0 Å². The highest BCUT2D eigenvalue weighted by Gasteiger charge is 2.46. The molecule has 5 heteroatoms. The standard InChI is InChI=1S/C22H24N2O3/c1-27-20-10-6-5-9-16(20)12-21(25)24-14-17-11-18(24)13-19(17)23-22(26)15-7-3-2-4-8-15/h2-10,17-19H,11-14H2,1H3,(H,23,26)/t17-,18-,19-/m0/s1. The average Bonchev–Trinajstić information content (AvgIpc) is 3.29. The molecule has 0 aromatic heterocycles. The zero-order valence-corrected chi connectivity index (χ0v) is 15.4. The molecule has 2 fully saturated rings. The first-order valence-electron chi connectivity index (χ1n) is 9.43. The van der Waals surface area contributed by atoms with Crippen LogP contribution in [0.2, 0.25) is 0 Å². The van der Waals surface area contributed by atoms with Crippen LogP contribution >= 0.6 is 0 Å². The molecule has 2 amide bonds. The van der Waals surface area contributed by atoms with E-state index in [0.29, 0.717) is 17.9 Å². The normalized spacial score (nSPS) is 23.3. The lowest BCUT2D eigenvalue weighted by Crippen LogP contribution is -2.48. The fourth-order valence-electron chi connectivity index (χ4n) is 4.39. The summed E-state index contributed by atoms with van der Waals surface area (Å²) >= 11 is 0. The number of ether oxygens (including phenoxy) is 1. The molecule has 5 nitrogen and oxygen atoms in total. The van der Waals surface area contributed by atoms with Gasteiger partial charge in [0.2, 0.25) is 5.91 Å². The molecule has 1 heterocycles. The number of carbonyl (C=O) groups excluding carboxylic acids is 2. The van der Waals surface area contributed by atoms with E-state index in [1.807, 2.05) is 59.5 Å². The summed E-state index contributed by atoms with van der Waals surface area (Å²) in [6.07, 6.45) is 2.16. The highest BCUT2D eigenvalue weighted by atomic mass is 16.5.